The first-order valence-electron chi connectivity index (χ1n) is 5.78. The minimum Gasteiger partial charge on any atom is -0.323 e. The monoisotopic (exact) mass is 266 g/mol. The molecule has 2 N–H and O–H groups in total. The van der Waals surface area contributed by atoms with Crippen molar-refractivity contribution in [1.29, 1.82) is 0 Å². The Kier molecular flexibility index (Phi) is 3.57. The van der Waals surface area contributed by atoms with Crippen LogP contribution in [-0.4, -0.2) is 4.98 Å². The third-order valence-corrected chi connectivity index (χ3v) is 2.75. The molecule has 1 heterocycles. The maximum absolute atomic E-state index is 12.5. The molecule has 0 saturated carbocycles. The minimum absolute atomic E-state index is 0.214. The van der Waals surface area contributed by atoms with E-state index in [0.29, 0.717) is 17.0 Å². The number of nitrogens with two attached hydrogens (primary N) is 1. The zero-order chi connectivity index (χ0) is 14.0. The van der Waals surface area contributed by atoms with Crippen LogP contribution in [-0.2, 0) is 6.18 Å². The number of benzene rings is 1. The molecule has 19 heavy (non-hydrogen) atoms. The van der Waals surface area contributed by atoms with Gasteiger partial charge >= 0.3 is 6.18 Å². The lowest BCUT2D eigenvalue weighted by Gasteiger charge is -2.09. The molecule has 0 spiro atoms. The van der Waals surface area contributed by atoms with E-state index in [4.69, 9.17) is 5.73 Å². The third-order valence-electron chi connectivity index (χ3n) is 2.75. The predicted molar refractivity (Wildman–Crippen MR) is 67.3 cm³/mol. The Morgan fingerprint density at radius 1 is 1.05 bits per heavy atom. The van der Waals surface area contributed by atoms with Gasteiger partial charge in [0.05, 0.1) is 17.0 Å². The van der Waals surface area contributed by atoms with Gasteiger partial charge in [0.25, 0.3) is 0 Å². The fourth-order valence-electron chi connectivity index (χ4n) is 1.70. The van der Waals surface area contributed by atoms with Crippen LogP contribution in [0.5, 0.6) is 0 Å². The number of hydrogen-bond donors (Lipinski definition) is 1. The summed E-state index contributed by atoms with van der Waals surface area (Å²) in [5, 5.41) is 0. The van der Waals surface area contributed by atoms with Crippen LogP contribution < -0.4 is 5.73 Å². The summed E-state index contributed by atoms with van der Waals surface area (Å²) in [6, 6.07) is 10.0. The van der Waals surface area contributed by atoms with Crippen molar-refractivity contribution in [3.05, 3.63) is 53.7 Å². The smallest absolute Gasteiger partial charge is 0.323 e. The van der Waals surface area contributed by atoms with Gasteiger partial charge in [0.1, 0.15) is 0 Å². The lowest BCUT2D eigenvalue weighted by Crippen LogP contribution is -2.07. The molecule has 0 aliphatic carbocycles. The van der Waals surface area contributed by atoms with E-state index in [1.165, 1.54) is 12.1 Å². The molecule has 0 fully saturated rings. The molecule has 1 aromatic carbocycles. The van der Waals surface area contributed by atoms with Gasteiger partial charge in [0, 0.05) is 11.6 Å². The Hall–Kier alpha value is -1.88. The summed E-state index contributed by atoms with van der Waals surface area (Å²) in [6.45, 7) is 1.80. The highest BCUT2D eigenvalue weighted by atomic mass is 19.4. The summed E-state index contributed by atoms with van der Waals surface area (Å²) >= 11 is 0. The molecular formula is C14H13F3N2. The van der Waals surface area contributed by atoms with E-state index in [1.54, 1.807) is 25.1 Å². The Labute approximate surface area is 109 Å². The van der Waals surface area contributed by atoms with Crippen LogP contribution in [0.3, 0.4) is 0 Å². The summed E-state index contributed by atoms with van der Waals surface area (Å²) in [7, 11) is 0. The van der Waals surface area contributed by atoms with Crippen molar-refractivity contribution in [2.24, 2.45) is 5.73 Å². The van der Waals surface area contributed by atoms with Gasteiger partial charge in [-0.2, -0.15) is 13.2 Å². The van der Waals surface area contributed by atoms with E-state index < -0.39 is 11.7 Å². The molecule has 0 saturated heterocycles. The first-order chi connectivity index (χ1) is 8.88. The average molecular weight is 266 g/mol. The van der Waals surface area contributed by atoms with E-state index in [0.717, 1.165) is 12.1 Å². The molecule has 2 rings (SSSR count). The molecular weight excluding hydrogens is 253 g/mol. The maximum atomic E-state index is 12.5. The lowest BCUT2D eigenvalue weighted by atomic mass is 10.1. The fraction of sp³-hybridized carbons (Fsp3) is 0.214. The molecule has 100 valence electrons. The second kappa shape index (κ2) is 5.01. The lowest BCUT2D eigenvalue weighted by molar-refractivity contribution is -0.137. The SMILES string of the molecule is C[C@H](N)c1cccc(-c2ccc(C(F)(F)F)cc2)n1. The number of pyridine rings is 1. The summed E-state index contributed by atoms with van der Waals surface area (Å²) in [6.07, 6.45) is -4.32. The molecule has 0 aliphatic heterocycles. The molecule has 1 aromatic heterocycles. The van der Waals surface area contributed by atoms with Gasteiger partial charge < -0.3 is 5.73 Å². The van der Waals surface area contributed by atoms with Crippen LogP contribution in [0.4, 0.5) is 13.2 Å². The van der Waals surface area contributed by atoms with E-state index in [2.05, 4.69) is 4.98 Å². The second-order valence-electron chi connectivity index (χ2n) is 4.31. The Morgan fingerprint density at radius 2 is 1.68 bits per heavy atom. The normalized spacial score (nSPS) is 13.3. The first kappa shape index (κ1) is 13.5. The van der Waals surface area contributed by atoms with Crippen LogP contribution in [0.1, 0.15) is 24.2 Å². The fourth-order valence-corrected chi connectivity index (χ4v) is 1.70. The number of aromatic nitrogens is 1. The van der Waals surface area contributed by atoms with Crippen LogP contribution in [0.15, 0.2) is 42.5 Å². The van der Waals surface area contributed by atoms with E-state index in [9.17, 15) is 13.2 Å². The Morgan fingerprint density at radius 3 is 2.21 bits per heavy atom. The summed E-state index contributed by atoms with van der Waals surface area (Å²) in [4.78, 5) is 4.33. The number of halogens is 3. The van der Waals surface area contributed by atoms with Gasteiger partial charge in [-0.05, 0) is 31.2 Å². The highest BCUT2D eigenvalue weighted by Gasteiger charge is 2.29. The topological polar surface area (TPSA) is 38.9 Å². The molecule has 0 bridgehead atoms. The molecule has 2 nitrogen and oxygen atoms in total. The molecule has 0 unspecified atom stereocenters. The maximum Gasteiger partial charge on any atom is 0.416 e. The minimum atomic E-state index is -4.32. The van der Waals surface area contributed by atoms with Crippen molar-refractivity contribution in [2.75, 3.05) is 0 Å². The van der Waals surface area contributed by atoms with E-state index in [-0.39, 0.29) is 6.04 Å². The largest absolute Gasteiger partial charge is 0.416 e. The van der Waals surface area contributed by atoms with Crippen molar-refractivity contribution in [2.45, 2.75) is 19.1 Å². The second-order valence-corrected chi connectivity index (χ2v) is 4.31. The van der Waals surface area contributed by atoms with Crippen molar-refractivity contribution in [3.63, 3.8) is 0 Å². The van der Waals surface area contributed by atoms with Crippen molar-refractivity contribution in [3.8, 4) is 11.3 Å². The highest BCUT2D eigenvalue weighted by molar-refractivity contribution is 5.59. The molecule has 1 atom stereocenters. The van der Waals surface area contributed by atoms with Gasteiger partial charge in [-0.1, -0.05) is 18.2 Å². The molecule has 0 amide bonds. The van der Waals surface area contributed by atoms with Crippen LogP contribution >= 0.6 is 0 Å². The zero-order valence-corrected chi connectivity index (χ0v) is 10.3. The number of nitrogens with zero attached hydrogens (tertiary/aromatic N) is 1. The number of rotatable bonds is 2. The zero-order valence-electron chi connectivity index (χ0n) is 10.3. The molecule has 0 radical (unpaired) electrons. The number of alkyl halides is 3. The van der Waals surface area contributed by atoms with Crippen LogP contribution in [0, 0.1) is 0 Å². The van der Waals surface area contributed by atoms with E-state index in [1.807, 2.05) is 0 Å². The molecule has 0 aliphatic rings. The standard InChI is InChI=1S/C14H13F3N2/c1-9(18)12-3-2-4-13(19-12)10-5-7-11(8-6-10)14(15,16)17/h2-9H,18H2,1H3/t9-/m0/s1. The van der Waals surface area contributed by atoms with Gasteiger partial charge in [0.2, 0.25) is 0 Å². The van der Waals surface area contributed by atoms with Crippen molar-refractivity contribution in [1.82, 2.24) is 4.98 Å². The third kappa shape index (κ3) is 3.12. The van der Waals surface area contributed by atoms with Gasteiger partial charge in [0.15, 0.2) is 0 Å². The summed E-state index contributed by atoms with van der Waals surface area (Å²) < 4.78 is 37.4. The predicted octanol–water partition coefficient (Wildman–Crippen LogP) is 3.79. The highest BCUT2D eigenvalue weighted by Crippen LogP contribution is 2.30. The Bertz CT molecular complexity index is 560. The first-order valence-corrected chi connectivity index (χ1v) is 5.78. The quantitative estimate of drug-likeness (QED) is 0.898. The summed E-state index contributed by atoms with van der Waals surface area (Å²) in [5.74, 6) is 0. The van der Waals surface area contributed by atoms with Crippen LogP contribution in [0.25, 0.3) is 11.3 Å². The van der Waals surface area contributed by atoms with E-state index >= 15 is 0 Å². The number of hydrogen-bond acceptors (Lipinski definition) is 2. The van der Waals surface area contributed by atoms with Crippen molar-refractivity contribution < 1.29 is 13.2 Å². The average Bonchev–Trinajstić information content (AvgIpc) is 2.38. The summed E-state index contributed by atoms with van der Waals surface area (Å²) in [5.41, 5.74) is 7.02. The van der Waals surface area contributed by atoms with Crippen molar-refractivity contribution >= 4 is 0 Å². The molecule has 5 heteroatoms. The van der Waals surface area contributed by atoms with Gasteiger partial charge in [-0.15, -0.1) is 0 Å². The van der Waals surface area contributed by atoms with Crippen LogP contribution in [0.2, 0.25) is 0 Å². The van der Waals surface area contributed by atoms with Gasteiger partial charge in [-0.25, -0.2) is 0 Å². The van der Waals surface area contributed by atoms with Gasteiger partial charge in [-0.3, -0.25) is 4.98 Å². The molecule has 2 aromatic rings. The Balaban J connectivity index is 2.35.